The maximum Gasteiger partial charge on any atom is 0.220 e. The first kappa shape index (κ1) is 15.5. The maximum absolute atomic E-state index is 6.23. The number of piperidine rings is 1. The van der Waals surface area contributed by atoms with Crippen molar-refractivity contribution in [2.24, 2.45) is 0 Å². The highest BCUT2D eigenvalue weighted by atomic mass is 16.5. The van der Waals surface area contributed by atoms with Gasteiger partial charge in [0.25, 0.3) is 0 Å². The van der Waals surface area contributed by atoms with Crippen LogP contribution in [0.5, 0.6) is 0 Å². The monoisotopic (exact) mass is 325 g/mol. The second-order valence-electron chi connectivity index (χ2n) is 6.72. The number of ether oxygens (including phenoxy) is 1. The van der Waals surface area contributed by atoms with E-state index in [0.29, 0.717) is 5.95 Å². The number of nitrogens with two attached hydrogens (primary N) is 1. The Kier molecular flexibility index (Phi) is 3.94. The summed E-state index contributed by atoms with van der Waals surface area (Å²) in [6.07, 6.45) is 6.47. The molecule has 1 spiro atoms. The van der Waals surface area contributed by atoms with Crippen molar-refractivity contribution in [3.05, 3.63) is 47.0 Å². The smallest absolute Gasteiger partial charge is 0.220 e. The Morgan fingerprint density at radius 3 is 2.92 bits per heavy atom. The third-order valence-electron chi connectivity index (χ3n) is 5.24. The molecule has 2 aromatic heterocycles. The lowest BCUT2D eigenvalue weighted by molar-refractivity contribution is -0.102. The van der Waals surface area contributed by atoms with Gasteiger partial charge in [0.05, 0.1) is 12.3 Å². The molecular formula is C18H23N5O. The topological polar surface area (TPSA) is 77.2 Å². The number of rotatable bonds is 2. The lowest BCUT2D eigenvalue weighted by Gasteiger charge is -2.44. The molecule has 6 heteroatoms. The minimum Gasteiger partial charge on any atom is -0.368 e. The van der Waals surface area contributed by atoms with Crippen molar-refractivity contribution in [1.29, 1.82) is 0 Å². The Hall–Kier alpha value is -2.05. The molecule has 1 saturated heterocycles. The van der Waals surface area contributed by atoms with Gasteiger partial charge in [0.2, 0.25) is 5.95 Å². The van der Waals surface area contributed by atoms with E-state index in [1.807, 2.05) is 18.5 Å². The van der Waals surface area contributed by atoms with Crippen molar-refractivity contribution in [1.82, 2.24) is 19.9 Å². The van der Waals surface area contributed by atoms with Gasteiger partial charge in [-0.15, -0.1) is 0 Å². The third-order valence-corrected chi connectivity index (χ3v) is 5.24. The zero-order chi connectivity index (χ0) is 16.6. The van der Waals surface area contributed by atoms with Crippen LogP contribution in [0.25, 0.3) is 0 Å². The Balaban J connectivity index is 1.51. The molecule has 4 rings (SSSR count). The number of aromatic nitrogens is 3. The molecular weight excluding hydrogens is 302 g/mol. The highest BCUT2D eigenvalue weighted by Crippen LogP contribution is 2.40. The van der Waals surface area contributed by atoms with Gasteiger partial charge in [0, 0.05) is 37.7 Å². The molecule has 0 amide bonds. The van der Waals surface area contributed by atoms with Gasteiger partial charge in [-0.3, -0.25) is 9.88 Å². The van der Waals surface area contributed by atoms with Crippen LogP contribution in [0.1, 0.15) is 35.4 Å². The first-order valence-corrected chi connectivity index (χ1v) is 8.55. The zero-order valence-electron chi connectivity index (χ0n) is 14.0. The summed E-state index contributed by atoms with van der Waals surface area (Å²) in [6.45, 7) is 5.72. The van der Waals surface area contributed by atoms with Gasteiger partial charge in [-0.05, 0) is 43.4 Å². The highest BCUT2D eigenvalue weighted by molar-refractivity contribution is 5.32. The minimum absolute atomic E-state index is 0.287. The Labute approximate surface area is 142 Å². The molecule has 2 N–H and O–H groups in total. The van der Waals surface area contributed by atoms with E-state index in [-0.39, 0.29) is 5.60 Å². The second kappa shape index (κ2) is 6.11. The molecule has 2 aliphatic heterocycles. The lowest BCUT2D eigenvalue weighted by atomic mass is 9.83. The molecule has 24 heavy (non-hydrogen) atoms. The van der Waals surface area contributed by atoms with Gasteiger partial charge in [-0.2, -0.15) is 0 Å². The summed E-state index contributed by atoms with van der Waals surface area (Å²) in [5.74, 6) is 0.340. The summed E-state index contributed by atoms with van der Waals surface area (Å²) in [7, 11) is 0. The molecule has 2 aliphatic rings. The normalized spacial score (nSPS) is 20.0. The number of pyridine rings is 1. The number of nitrogens with zero attached hydrogens (tertiary/aromatic N) is 4. The summed E-state index contributed by atoms with van der Waals surface area (Å²) in [4.78, 5) is 15.5. The minimum atomic E-state index is -0.287. The fraction of sp³-hybridized carbons (Fsp3) is 0.500. The zero-order valence-corrected chi connectivity index (χ0v) is 14.0. The predicted molar refractivity (Wildman–Crippen MR) is 91.3 cm³/mol. The van der Waals surface area contributed by atoms with Gasteiger partial charge < -0.3 is 10.5 Å². The number of aryl methyl sites for hydroxylation is 1. The van der Waals surface area contributed by atoms with Gasteiger partial charge in [0.1, 0.15) is 5.60 Å². The van der Waals surface area contributed by atoms with Crippen LogP contribution in [0.4, 0.5) is 5.95 Å². The summed E-state index contributed by atoms with van der Waals surface area (Å²) in [6, 6.07) is 4.17. The van der Waals surface area contributed by atoms with Crippen LogP contribution in [0.15, 0.2) is 24.5 Å². The maximum atomic E-state index is 6.23. The molecule has 0 atom stereocenters. The average molecular weight is 325 g/mol. The van der Waals surface area contributed by atoms with Crippen LogP contribution in [-0.4, -0.2) is 39.5 Å². The van der Waals surface area contributed by atoms with Gasteiger partial charge in [0.15, 0.2) is 0 Å². The fourth-order valence-corrected chi connectivity index (χ4v) is 3.80. The highest BCUT2D eigenvalue weighted by Gasteiger charge is 2.42. The van der Waals surface area contributed by atoms with Crippen LogP contribution in [-0.2, 0) is 23.3 Å². The number of likely N-dealkylation sites (tertiary alicyclic amines) is 1. The van der Waals surface area contributed by atoms with Crippen LogP contribution < -0.4 is 5.73 Å². The van der Waals surface area contributed by atoms with Crippen LogP contribution >= 0.6 is 0 Å². The molecule has 0 aliphatic carbocycles. The summed E-state index contributed by atoms with van der Waals surface area (Å²) < 4.78 is 6.23. The molecule has 126 valence electrons. The van der Waals surface area contributed by atoms with Crippen molar-refractivity contribution in [2.45, 2.75) is 38.3 Å². The largest absolute Gasteiger partial charge is 0.368 e. The van der Waals surface area contributed by atoms with Crippen molar-refractivity contribution in [3.8, 4) is 0 Å². The average Bonchev–Trinajstić information content (AvgIpc) is 2.60. The molecule has 2 aromatic rings. The molecule has 4 heterocycles. The van der Waals surface area contributed by atoms with E-state index in [1.54, 1.807) is 0 Å². The van der Waals surface area contributed by atoms with Crippen molar-refractivity contribution < 1.29 is 4.74 Å². The Bertz CT molecular complexity index is 740. The number of hydrogen-bond donors (Lipinski definition) is 1. The van der Waals surface area contributed by atoms with Gasteiger partial charge in [-0.25, -0.2) is 9.97 Å². The molecule has 1 fully saturated rings. The molecule has 0 aromatic carbocycles. The Morgan fingerprint density at radius 1 is 1.29 bits per heavy atom. The first-order valence-electron chi connectivity index (χ1n) is 8.55. The number of fused-ring (bicyclic) bond motifs is 2. The second-order valence-corrected chi connectivity index (χ2v) is 6.72. The standard InChI is InChI=1S/C18H23N5O/c1-13-15(3-2-7-20-13)12-23-8-5-18(6-9-23)16-14(4-10-24-18)11-21-17(19)22-16/h2-3,7,11H,4-6,8-10,12H2,1H3,(H2,19,21,22). The quantitative estimate of drug-likeness (QED) is 0.907. The van der Waals surface area contributed by atoms with E-state index in [0.717, 1.165) is 56.9 Å². The van der Waals surface area contributed by atoms with Crippen LogP contribution in [0.3, 0.4) is 0 Å². The van der Waals surface area contributed by atoms with Crippen molar-refractivity contribution >= 4 is 5.95 Å². The van der Waals surface area contributed by atoms with Crippen molar-refractivity contribution in [2.75, 3.05) is 25.4 Å². The number of hydrogen-bond acceptors (Lipinski definition) is 6. The van der Waals surface area contributed by atoms with E-state index < -0.39 is 0 Å². The predicted octanol–water partition coefficient (Wildman–Crippen LogP) is 1.83. The Morgan fingerprint density at radius 2 is 2.12 bits per heavy atom. The van der Waals surface area contributed by atoms with Crippen molar-refractivity contribution in [3.63, 3.8) is 0 Å². The summed E-state index contributed by atoms with van der Waals surface area (Å²) in [5.41, 5.74) is 10.1. The lowest BCUT2D eigenvalue weighted by Crippen LogP contribution is -2.47. The van der Waals surface area contributed by atoms with E-state index >= 15 is 0 Å². The number of nitrogen functional groups attached to an aromatic ring is 1. The SMILES string of the molecule is Cc1ncccc1CN1CCC2(CC1)OCCc1cnc(N)nc12. The fourth-order valence-electron chi connectivity index (χ4n) is 3.80. The van der Waals surface area contributed by atoms with Gasteiger partial charge in [-0.1, -0.05) is 6.07 Å². The summed E-state index contributed by atoms with van der Waals surface area (Å²) in [5, 5.41) is 0. The van der Waals surface area contributed by atoms with Crippen LogP contribution in [0, 0.1) is 6.92 Å². The first-order chi connectivity index (χ1) is 11.7. The van der Waals surface area contributed by atoms with E-state index in [2.05, 4.69) is 32.8 Å². The molecule has 0 radical (unpaired) electrons. The van der Waals surface area contributed by atoms with Gasteiger partial charge >= 0.3 is 0 Å². The van der Waals surface area contributed by atoms with E-state index in [4.69, 9.17) is 10.5 Å². The van der Waals surface area contributed by atoms with E-state index in [1.165, 1.54) is 11.1 Å². The molecule has 6 nitrogen and oxygen atoms in total. The third kappa shape index (κ3) is 2.76. The van der Waals surface area contributed by atoms with E-state index in [9.17, 15) is 0 Å². The van der Waals surface area contributed by atoms with Crippen LogP contribution in [0.2, 0.25) is 0 Å². The molecule has 0 unspecified atom stereocenters. The number of anilines is 1. The summed E-state index contributed by atoms with van der Waals surface area (Å²) >= 11 is 0. The molecule has 0 saturated carbocycles. The molecule has 0 bridgehead atoms.